The fraction of sp³-hybridized carbons (Fsp3) is 0.238. The second-order valence-corrected chi connectivity index (χ2v) is 6.37. The Morgan fingerprint density at radius 2 is 1.27 bits per heavy atom. The van der Waals surface area contributed by atoms with Crippen LogP contribution in [-0.2, 0) is 0 Å². The van der Waals surface area contributed by atoms with Crippen LogP contribution in [0.4, 0.5) is 4.39 Å². The molecule has 4 rings (SSSR count). The van der Waals surface area contributed by atoms with Crippen LogP contribution in [0.15, 0.2) is 65.7 Å². The molecular formula is C21H19F. The molecule has 2 aliphatic carbocycles. The summed E-state index contributed by atoms with van der Waals surface area (Å²) in [6.45, 7) is 0. The van der Waals surface area contributed by atoms with Crippen LogP contribution in [0.3, 0.4) is 0 Å². The van der Waals surface area contributed by atoms with E-state index in [-0.39, 0.29) is 5.82 Å². The summed E-state index contributed by atoms with van der Waals surface area (Å²) in [4.78, 5) is 0. The van der Waals surface area contributed by atoms with Gasteiger partial charge < -0.3 is 0 Å². The van der Waals surface area contributed by atoms with Gasteiger partial charge in [0.2, 0.25) is 0 Å². The largest absolute Gasteiger partial charge is 0.207 e. The van der Waals surface area contributed by atoms with Crippen LogP contribution in [0.25, 0.3) is 12.2 Å². The molecule has 0 aliphatic heterocycles. The molecule has 2 fully saturated rings. The maximum atomic E-state index is 13.1. The van der Waals surface area contributed by atoms with Gasteiger partial charge in [-0.15, -0.1) is 0 Å². The summed E-state index contributed by atoms with van der Waals surface area (Å²) in [5.41, 5.74) is 5.33. The molecule has 0 spiro atoms. The summed E-state index contributed by atoms with van der Waals surface area (Å²) in [5, 5.41) is 0. The van der Waals surface area contributed by atoms with Crippen molar-refractivity contribution in [2.45, 2.75) is 19.3 Å². The van der Waals surface area contributed by atoms with Crippen molar-refractivity contribution in [3.63, 3.8) is 0 Å². The first kappa shape index (κ1) is 13.5. The van der Waals surface area contributed by atoms with Gasteiger partial charge in [0.25, 0.3) is 0 Å². The molecule has 0 unspecified atom stereocenters. The van der Waals surface area contributed by atoms with E-state index >= 15 is 0 Å². The molecule has 2 atom stereocenters. The molecular weight excluding hydrogens is 271 g/mol. The zero-order valence-corrected chi connectivity index (χ0v) is 12.5. The van der Waals surface area contributed by atoms with Gasteiger partial charge in [0.15, 0.2) is 0 Å². The van der Waals surface area contributed by atoms with E-state index in [4.69, 9.17) is 0 Å². The third-order valence-corrected chi connectivity index (χ3v) is 4.96. The highest BCUT2D eigenvalue weighted by atomic mass is 19.1. The molecule has 2 bridgehead atoms. The van der Waals surface area contributed by atoms with Crippen LogP contribution in [0.1, 0.15) is 30.4 Å². The Labute approximate surface area is 131 Å². The Kier molecular flexibility index (Phi) is 3.42. The number of hydrogen-bond acceptors (Lipinski definition) is 0. The molecule has 22 heavy (non-hydrogen) atoms. The van der Waals surface area contributed by atoms with E-state index in [1.165, 1.54) is 36.0 Å². The molecule has 110 valence electrons. The Balaban J connectivity index is 1.73. The average molecular weight is 290 g/mol. The summed E-state index contributed by atoms with van der Waals surface area (Å²) in [7, 11) is 0. The SMILES string of the molecule is Fc1ccc(/C=C2\C(=C\c3ccccc3)[C@@H]3CC[C@H]2C3)cc1. The zero-order valence-electron chi connectivity index (χ0n) is 12.5. The lowest BCUT2D eigenvalue weighted by Crippen LogP contribution is -2.02. The van der Waals surface area contributed by atoms with Gasteiger partial charge in [-0.2, -0.15) is 0 Å². The van der Waals surface area contributed by atoms with Gasteiger partial charge in [0, 0.05) is 0 Å². The van der Waals surface area contributed by atoms with E-state index in [9.17, 15) is 4.39 Å². The molecule has 2 aromatic rings. The van der Waals surface area contributed by atoms with Gasteiger partial charge in [0.05, 0.1) is 0 Å². The van der Waals surface area contributed by atoms with E-state index in [0.717, 1.165) is 5.56 Å². The number of hydrogen-bond donors (Lipinski definition) is 0. The van der Waals surface area contributed by atoms with Crippen LogP contribution in [0.5, 0.6) is 0 Å². The van der Waals surface area contributed by atoms with Gasteiger partial charge in [-0.25, -0.2) is 4.39 Å². The zero-order chi connectivity index (χ0) is 14.9. The van der Waals surface area contributed by atoms with Crippen LogP contribution >= 0.6 is 0 Å². The van der Waals surface area contributed by atoms with Gasteiger partial charge in [-0.05, 0) is 65.5 Å². The molecule has 0 nitrogen and oxygen atoms in total. The summed E-state index contributed by atoms with van der Waals surface area (Å²) in [6, 6.07) is 17.4. The first-order chi connectivity index (χ1) is 10.8. The lowest BCUT2D eigenvalue weighted by atomic mass is 9.87. The van der Waals surface area contributed by atoms with Crippen molar-refractivity contribution in [1.29, 1.82) is 0 Å². The summed E-state index contributed by atoms with van der Waals surface area (Å²) < 4.78 is 13.1. The maximum Gasteiger partial charge on any atom is 0.123 e. The molecule has 1 heteroatoms. The van der Waals surface area contributed by atoms with Gasteiger partial charge in [-0.3, -0.25) is 0 Å². The number of allylic oxidation sites excluding steroid dienone is 2. The highest BCUT2D eigenvalue weighted by molar-refractivity contribution is 5.69. The molecule has 0 heterocycles. The van der Waals surface area contributed by atoms with Gasteiger partial charge in [-0.1, -0.05) is 54.6 Å². The summed E-state index contributed by atoms with van der Waals surface area (Å²) in [5.74, 6) is 1.22. The number of rotatable bonds is 2. The minimum atomic E-state index is -0.171. The molecule has 0 N–H and O–H groups in total. The summed E-state index contributed by atoms with van der Waals surface area (Å²) >= 11 is 0. The van der Waals surface area contributed by atoms with Crippen LogP contribution in [-0.4, -0.2) is 0 Å². The Morgan fingerprint density at radius 3 is 1.86 bits per heavy atom. The maximum absolute atomic E-state index is 13.1. The average Bonchev–Trinajstić information content (AvgIpc) is 3.13. The van der Waals surface area contributed by atoms with Crippen molar-refractivity contribution in [3.05, 3.63) is 82.7 Å². The molecule has 0 amide bonds. The molecule has 0 aromatic heterocycles. The Bertz CT molecular complexity index is 722. The van der Waals surface area contributed by atoms with Crippen molar-refractivity contribution in [3.8, 4) is 0 Å². The minimum Gasteiger partial charge on any atom is -0.207 e. The quantitative estimate of drug-likeness (QED) is 0.663. The van der Waals surface area contributed by atoms with E-state index in [1.807, 2.05) is 12.1 Å². The molecule has 2 saturated carbocycles. The van der Waals surface area contributed by atoms with Crippen molar-refractivity contribution in [2.75, 3.05) is 0 Å². The molecule has 0 radical (unpaired) electrons. The van der Waals surface area contributed by atoms with Crippen molar-refractivity contribution in [1.82, 2.24) is 0 Å². The van der Waals surface area contributed by atoms with Crippen LogP contribution in [0, 0.1) is 17.7 Å². The van der Waals surface area contributed by atoms with Crippen molar-refractivity contribution < 1.29 is 4.39 Å². The minimum absolute atomic E-state index is 0.171. The van der Waals surface area contributed by atoms with Gasteiger partial charge in [0.1, 0.15) is 5.82 Å². The van der Waals surface area contributed by atoms with Crippen molar-refractivity contribution >= 4 is 12.2 Å². The highest BCUT2D eigenvalue weighted by Crippen LogP contribution is 2.52. The third-order valence-electron chi connectivity index (χ3n) is 4.96. The monoisotopic (exact) mass is 290 g/mol. The standard InChI is InChI=1S/C21H19F/c22-19-10-6-16(7-11-19)13-21-18-9-8-17(14-18)20(21)12-15-4-2-1-3-5-15/h1-7,10-13,17-18H,8-9,14H2/b20-12+,21-13-/t17-,18+/m1/s1. The fourth-order valence-corrected chi connectivity index (χ4v) is 3.89. The second-order valence-electron chi connectivity index (χ2n) is 6.37. The van der Waals surface area contributed by atoms with E-state index in [2.05, 4.69) is 42.5 Å². The first-order valence-corrected chi connectivity index (χ1v) is 8.04. The molecule has 2 aliphatic rings. The number of fused-ring (bicyclic) bond motifs is 2. The van der Waals surface area contributed by atoms with E-state index in [1.54, 1.807) is 12.1 Å². The topological polar surface area (TPSA) is 0 Å². The normalized spacial score (nSPS) is 27.0. The van der Waals surface area contributed by atoms with E-state index < -0.39 is 0 Å². The lowest BCUT2D eigenvalue weighted by Gasteiger charge is -2.18. The molecule has 0 saturated heterocycles. The van der Waals surface area contributed by atoms with Crippen molar-refractivity contribution in [2.24, 2.45) is 11.8 Å². The Hall–Kier alpha value is -2.15. The van der Waals surface area contributed by atoms with Crippen LogP contribution < -0.4 is 0 Å². The fourth-order valence-electron chi connectivity index (χ4n) is 3.89. The lowest BCUT2D eigenvalue weighted by molar-refractivity contribution is 0.627. The van der Waals surface area contributed by atoms with E-state index in [0.29, 0.717) is 11.8 Å². The highest BCUT2D eigenvalue weighted by Gasteiger charge is 2.39. The predicted molar refractivity (Wildman–Crippen MR) is 89.6 cm³/mol. The van der Waals surface area contributed by atoms with Gasteiger partial charge >= 0.3 is 0 Å². The van der Waals surface area contributed by atoms with Crippen LogP contribution in [0.2, 0.25) is 0 Å². The Morgan fingerprint density at radius 1 is 0.727 bits per heavy atom. The first-order valence-electron chi connectivity index (χ1n) is 8.04. The third kappa shape index (κ3) is 2.52. The summed E-state index contributed by atoms with van der Waals surface area (Å²) in [6.07, 6.45) is 8.50. The second kappa shape index (κ2) is 5.57. The number of halogens is 1. The number of benzene rings is 2. The smallest absolute Gasteiger partial charge is 0.123 e. The predicted octanol–water partition coefficient (Wildman–Crippen LogP) is 5.72. The molecule has 2 aromatic carbocycles.